The molecule has 0 saturated carbocycles. The van der Waals surface area contributed by atoms with Gasteiger partial charge in [0, 0.05) is 18.7 Å². The van der Waals surface area contributed by atoms with Crippen molar-refractivity contribution in [3.05, 3.63) is 0 Å². The molecule has 0 aliphatic rings. The van der Waals surface area contributed by atoms with E-state index in [1.54, 1.807) is 6.92 Å². The van der Waals surface area contributed by atoms with E-state index in [-0.39, 0.29) is 30.2 Å². The Kier molecular flexibility index (Phi) is 5.64. The topological polar surface area (TPSA) is 52.5 Å². The first kappa shape index (κ1) is 13.9. The van der Waals surface area contributed by atoms with Gasteiger partial charge in [0.15, 0.2) is 0 Å². The van der Waals surface area contributed by atoms with Gasteiger partial charge >= 0.3 is 0 Å². The van der Waals surface area contributed by atoms with Gasteiger partial charge in [-0.05, 0) is 25.7 Å². The van der Waals surface area contributed by atoms with Crippen LogP contribution in [-0.4, -0.2) is 35.0 Å². The first-order chi connectivity index (χ1) is 6.29. The third-order valence-corrected chi connectivity index (χ3v) is 2.65. The Morgan fingerprint density at radius 1 is 1.21 bits per heavy atom. The molecule has 0 saturated heterocycles. The van der Waals surface area contributed by atoms with Gasteiger partial charge in [-0.15, -0.1) is 0 Å². The zero-order valence-electron chi connectivity index (χ0n) is 10.0. The third-order valence-electron chi connectivity index (χ3n) is 2.65. The predicted octanol–water partition coefficient (Wildman–Crippen LogP) is 1.14. The number of hydrogen-bond acceptors (Lipinski definition) is 3. The molecule has 0 aromatic rings. The Morgan fingerprint density at radius 2 is 1.71 bits per heavy atom. The minimum absolute atomic E-state index is 0.0609. The molecule has 0 spiro atoms. The summed E-state index contributed by atoms with van der Waals surface area (Å²) in [6, 6.07) is 0.294. The maximum atomic E-state index is 9.38. The number of hydrogen-bond donors (Lipinski definition) is 3. The highest BCUT2D eigenvalue weighted by molar-refractivity contribution is 4.83. The molecule has 0 fully saturated rings. The Balaban J connectivity index is 4.23. The molecule has 0 aromatic heterocycles. The van der Waals surface area contributed by atoms with Crippen molar-refractivity contribution in [2.45, 2.75) is 59.2 Å². The van der Waals surface area contributed by atoms with Gasteiger partial charge in [-0.1, -0.05) is 20.8 Å². The van der Waals surface area contributed by atoms with Crippen molar-refractivity contribution in [1.29, 1.82) is 0 Å². The molecule has 3 unspecified atom stereocenters. The van der Waals surface area contributed by atoms with Gasteiger partial charge in [0.25, 0.3) is 0 Å². The third kappa shape index (κ3) is 4.94. The van der Waals surface area contributed by atoms with Crippen LogP contribution in [0.15, 0.2) is 0 Å². The van der Waals surface area contributed by atoms with Gasteiger partial charge in [-0.3, -0.25) is 0 Å². The number of rotatable bonds is 5. The summed E-state index contributed by atoms with van der Waals surface area (Å²) in [6.07, 6.45) is 0.360. The van der Waals surface area contributed by atoms with Crippen LogP contribution in [0.4, 0.5) is 0 Å². The van der Waals surface area contributed by atoms with Crippen LogP contribution in [0.1, 0.15) is 41.0 Å². The quantitative estimate of drug-likeness (QED) is 0.628. The second-order valence-electron chi connectivity index (χ2n) is 5.13. The molecule has 14 heavy (non-hydrogen) atoms. The van der Waals surface area contributed by atoms with Crippen molar-refractivity contribution < 1.29 is 10.2 Å². The van der Waals surface area contributed by atoms with Crippen LogP contribution >= 0.6 is 0 Å². The lowest BCUT2D eigenvalue weighted by Crippen LogP contribution is -2.48. The Bertz CT molecular complexity index is 152. The predicted molar refractivity (Wildman–Crippen MR) is 59.2 cm³/mol. The molecule has 0 aliphatic carbocycles. The fraction of sp³-hybridized carbons (Fsp3) is 1.00. The highest BCUT2D eigenvalue weighted by atomic mass is 16.3. The van der Waals surface area contributed by atoms with Crippen LogP contribution in [-0.2, 0) is 0 Å². The van der Waals surface area contributed by atoms with E-state index in [1.165, 1.54) is 0 Å². The molecule has 3 heteroatoms. The van der Waals surface area contributed by atoms with Crippen LogP contribution < -0.4 is 5.32 Å². The molecule has 3 N–H and O–H groups in total. The Morgan fingerprint density at radius 3 is 2.00 bits per heavy atom. The normalized spacial score (nSPS) is 19.1. The van der Waals surface area contributed by atoms with E-state index in [4.69, 9.17) is 5.11 Å². The number of aliphatic hydroxyl groups is 2. The van der Waals surface area contributed by atoms with E-state index >= 15 is 0 Å². The molecule has 3 atom stereocenters. The molecule has 0 amide bonds. The van der Waals surface area contributed by atoms with Crippen molar-refractivity contribution in [1.82, 2.24) is 5.32 Å². The summed E-state index contributed by atoms with van der Waals surface area (Å²) in [5.74, 6) is 0. The summed E-state index contributed by atoms with van der Waals surface area (Å²) in [5, 5.41) is 21.7. The highest BCUT2D eigenvalue weighted by Crippen LogP contribution is 2.22. The summed E-state index contributed by atoms with van der Waals surface area (Å²) in [5.41, 5.74) is 0.103. The van der Waals surface area contributed by atoms with Gasteiger partial charge < -0.3 is 15.5 Å². The monoisotopic (exact) mass is 203 g/mol. The summed E-state index contributed by atoms with van der Waals surface area (Å²) in [6.45, 7) is 10.3. The highest BCUT2D eigenvalue weighted by Gasteiger charge is 2.26. The van der Waals surface area contributed by atoms with E-state index < -0.39 is 0 Å². The van der Waals surface area contributed by atoms with Gasteiger partial charge in [0.2, 0.25) is 0 Å². The summed E-state index contributed by atoms with van der Waals surface area (Å²) in [7, 11) is 0. The second-order valence-corrected chi connectivity index (χ2v) is 5.13. The standard InChI is InChI=1S/C11H25NO2/c1-8(9(2)14)12-10(6-7-13)11(3,4)5/h8-10,12-14H,6-7H2,1-5H3. The largest absolute Gasteiger partial charge is 0.396 e. The van der Waals surface area contributed by atoms with Crippen molar-refractivity contribution in [3.63, 3.8) is 0 Å². The van der Waals surface area contributed by atoms with Gasteiger partial charge in [-0.2, -0.15) is 0 Å². The molecule has 86 valence electrons. The van der Waals surface area contributed by atoms with Gasteiger partial charge in [-0.25, -0.2) is 0 Å². The minimum Gasteiger partial charge on any atom is -0.396 e. The molecule has 0 bridgehead atoms. The average Bonchev–Trinajstić information content (AvgIpc) is 2.01. The first-order valence-corrected chi connectivity index (χ1v) is 5.34. The van der Waals surface area contributed by atoms with Crippen molar-refractivity contribution in [2.24, 2.45) is 5.41 Å². The van der Waals surface area contributed by atoms with E-state index in [1.807, 2.05) is 6.92 Å². The Hall–Kier alpha value is -0.120. The molecule has 3 nitrogen and oxygen atoms in total. The van der Waals surface area contributed by atoms with Crippen molar-refractivity contribution in [3.8, 4) is 0 Å². The van der Waals surface area contributed by atoms with Crippen molar-refractivity contribution in [2.75, 3.05) is 6.61 Å². The summed E-state index contributed by atoms with van der Waals surface area (Å²) >= 11 is 0. The van der Waals surface area contributed by atoms with Crippen molar-refractivity contribution >= 4 is 0 Å². The zero-order chi connectivity index (χ0) is 11.4. The van der Waals surface area contributed by atoms with E-state index in [2.05, 4.69) is 26.1 Å². The second kappa shape index (κ2) is 5.69. The maximum absolute atomic E-state index is 9.38. The summed E-state index contributed by atoms with van der Waals surface area (Å²) < 4.78 is 0. The van der Waals surface area contributed by atoms with Crippen LogP contribution in [0.5, 0.6) is 0 Å². The molecule has 0 rings (SSSR count). The van der Waals surface area contributed by atoms with Gasteiger partial charge in [0.1, 0.15) is 0 Å². The van der Waals surface area contributed by atoms with E-state index in [9.17, 15) is 5.11 Å². The van der Waals surface area contributed by atoms with Crippen LogP contribution in [0.3, 0.4) is 0 Å². The van der Waals surface area contributed by atoms with E-state index in [0.29, 0.717) is 0 Å². The number of nitrogens with one attached hydrogen (secondary N) is 1. The smallest absolute Gasteiger partial charge is 0.0662 e. The fourth-order valence-corrected chi connectivity index (χ4v) is 1.35. The fourth-order valence-electron chi connectivity index (χ4n) is 1.35. The average molecular weight is 203 g/mol. The Labute approximate surface area is 87.5 Å². The maximum Gasteiger partial charge on any atom is 0.0662 e. The molecule has 0 heterocycles. The molecule has 0 radical (unpaired) electrons. The van der Waals surface area contributed by atoms with Crippen LogP contribution in [0.2, 0.25) is 0 Å². The summed E-state index contributed by atoms with van der Waals surface area (Å²) in [4.78, 5) is 0. The molecular weight excluding hydrogens is 178 g/mol. The van der Waals surface area contributed by atoms with Gasteiger partial charge in [0.05, 0.1) is 6.10 Å². The SMILES string of the molecule is CC(O)C(C)NC(CCO)C(C)(C)C. The lowest BCUT2D eigenvalue weighted by atomic mass is 9.84. The zero-order valence-corrected chi connectivity index (χ0v) is 10.0. The molecular formula is C11H25NO2. The lowest BCUT2D eigenvalue weighted by molar-refractivity contribution is 0.117. The minimum atomic E-state index is -0.362. The molecule has 0 aliphatic heterocycles. The van der Waals surface area contributed by atoms with E-state index in [0.717, 1.165) is 6.42 Å². The number of aliphatic hydroxyl groups excluding tert-OH is 2. The lowest BCUT2D eigenvalue weighted by Gasteiger charge is -2.34. The molecule has 0 aromatic carbocycles. The first-order valence-electron chi connectivity index (χ1n) is 5.34. The van der Waals surface area contributed by atoms with Crippen LogP contribution in [0, 0.1) is 5.41 Å². The van der Waals surface area contributed by atoms with Crippen LogP contribution in [0.25, 0.3) is 0 Å².